The van der Waals surface area contributed by atoms with E-state index >= 15 is 0 Å². The molecule has 0 rings (SSSR count). The monoisotopic (exact) mass is 472 g/mol. The van der Waals surface area contributed by atoms with Gasteiger partial charge in [0.05, 0.1) is 16.2 Å². The van der Waals surface area contributed by atoms with Gasteiger partial charge in [-0.2, -0.15) is 0 Å². The SMILES string of the molecule is CCCCCCCCCCCCCCC(CCCCCCC(O)CC)S(=O)(=O)[O-].[K+]. The van der Waals surface area contributed by atoms with E-state index in [9.17, 15) is 18.1 Å². The minimum Gasteiger partial charge on any atom is -0.748 e. The quantitative estimate of drug-likeness (QED) is 0.146. The molecule has 0 aromatic rings. The third-order valence-corrected chi connectivity index (χ3v) is 7.36. The molecule has 2 atom stereocenters. The molecule has 0 aromatic carbocycles. The van der Waals surface area contributed by atoms with Crippen molar-refractivity contribution in [3.8, 4) is 0 Å². The Morgan fingerprint density at radius 2 is 0.967 bits per heavy atom. The molecular weight excluding hydrogens is 423 g/mol. The summed E-state index contributed by atoms with van der Waals surface area (Å²) in [5, 5.41) is 8.83. The number of hydrogen-bond donors (Lipinski definition) is 1. The molecule has 0 aliphatic heterocycles. The summed E-state index contributed by atoms with van der Waals surface area (Å²) >= 11 is 0. The van der Waals surface area contributed by atoms with Gasteiger partial charge in [0.1, 0.15) is 0 Å². The summed E-state index contributed by atoms with van der Waals surface area (Å²) in [6.45, 7) is 4.22. The van der Waals surface area contributed by atoms with Crippen LogP contribution in [0.3, 0.4) is 0 Å². The van der Waals surface area contributed by atoms with E-state index in [0.717, 1.165) is 57.8 Å². The summed E-state index contributed by atoms with van der Waals surface area (Å²) in [7, 11) is -4.18. The zero-order valence-corrected chi connectivity index (χ0v) is 24.3. The Morgan fingerprint density at radius 1 is 0.633 bits per heavy atom. The van der Waals surface area contributed by atoms with Crippen LogP contribution in [0.2, 0.25) is 0 Å². The van der Waals surface area contributed by atoms with Crippen LogP contribution in [0.15, 0.2) is 0 Å². The van der Waals surface area contributed by atoms with E-state index in [1.807, 2.05) is 6.92 Å². The Morgan fingerprint density at radius 3 is 1.30 bits per heavy atom. The van der Waals surface area contributed by atoms with Crippen molar-refractivity contribution in [2.24, 2.45) is 0 Å². The molecule has 0 saturated heterocycles. The molecule has 0 heterocycles. The van der Waals surface area contributed by atoms with Crippen LogP contribution in [-0.2, 0) is 10.1 Å². The van der Waals surface area contributed by atoms with E-state index in [1.165, 1.54) is 57.8 Å². The average molecular weight is 473 g/mol. The molecule has 0 fully saturated rings. The molecule has 2 unspecified atom stereocenters. The Bertz CT molecular complexity index is 442. The summed E-state index contributed by atoms with van der Waals surface area (Å²) in [5.74, 6) is 0. The molecule has 1 N–H and O–H groups in total. The first kappa shape index (κ1) is 33.7. The molecule has 0 aromatic heterocycles. The van der Waals surface area contributed by atoms with E-state index in [2.05, 4.69) is 6.92 Å². The molecule has 6 heteroatoms. The fraction of sp³-hybridized carbons (Fsp3) is 1.00. The summed E-state index contributed by atoms with van der Waals surface area (Å²) in [6.07, 6.45) is 21.1. The van der Waals surface area contributed by atoms with E-state index < -0.39 is 15.4 Å². The molecule has 30 heavy (non-hydrogen) atoms. The molecule has 0 saturated carbocycles. The smallest absolute Gasteiger partial charge is 0.748 e. The Labute approximate surface area is 230 Å². The van der Waals surface area contributed by atoms with Crippen molar-refractivity contribution in [1.82, 2.24) is 0 Å². The van der Waals surface area contributed by atoms with Gasteiger partial charge in [-0.05, 0) is 25.7 Å². The van der Waals surface area contributed by atoms with E-state index in [4.69, 9.17) is 0 Å². The van der Waals surface area contributed by atoms with Crippen LogP contribution < -0.4 is 51.4 Å². The van der Waals surface area contributed by atoms with Gasteiger partial charge >= 0.3 is 51.4 Å². The molecule has 0 aliphatic rings. The van der Waals surface area contributed by atoms with Crippen LogP contribution in [0.1, 0.15) is 142 Å². The number of aliphatic hydroxyl groups is 1. The normalized spacial score (nSPS) is 13.7. The minimum atomic E-state index is -4.18. The molecule has 0 radical (unpaired) electrons. The molecule has 176 valence electrons. The van der Waals surface area contributed by atoms with Crippen molar-refractivity contribution in [2.75, 3.05) is 0 Å². The van der Waals surface area contributed by atoms with Gasteiger partial charge in [0.15, 0.2) is 0 Å². The van der Waals surface area contributed by atoms with Crippen LogP contribution >= 0.6 is 0 Å². The molecule has 4 nitrogen and oxygen atoms in total. The number of aliphatic hydroxyl groups excluding tert-OH is 1. The second-order valence-electron chi connectivity index (χ2n) is 8.85. The van der Waals surface area contributed by atoms with Gasteiger partial charge in [0.2, 0.25) is 0 Å². The maximum absolute atomic E-state index is 11.5. The predicted molar refractivity (Wildman–Crippen MR) is 123 cm³/mol. The van der Waals surface area contributed by atoms with Crippen molar-refractivity contribution in [1.29, 1.82) is 0 Å². The van der Waals surface area contributed by atoms with Crippen LogP contribution in [0, 0.1) is 0 Å². The zero-order chi connectivity index (χ0) is 21.8. The molecule has 0 amide bonds. The number of rotatable bonds is 22. The van der Waals surface area contributed by atoms with Crippen molar-refractivity contribution in [3.05, 3.63) is 0 Å². The van der Waals surface area contributed by atoms with Crippen LogP contribution in [0.25, 0.3) is 0 Å². The minimum absolute atomic E-state index is 0. The standard InChI is InChI=1S/C24H50O4S.K/c1-3-5-6-7-8-9-10-11-12-13-14-18-21-24(29(26,27)28)22-19-16-15-17-20-23(25)4-2;/h23-25H,3-22H2,1-2H3,(H,26,27,28);/q;+1/p-1. The molecular formula is C24H49KO4S. The molecule has 0 aliphatic carbocycles. The summed E-state index contributed by atoms with van der Waals surface area (Å²) < 4.78 is 34.6. The third kappa shape index (κ3) is 22.7. The van der Waals surface area contributed by atoms with Gasteiger partial charge < -0.3 is 9.66 Å². The Kier molecular flexibility index (Phi) is 26.6. The second-order valence-corrected chi connectivity index (χ2v) is 10.5. The van der Waals surface area contributed by atoms with Gasteiger partial charge in [0, 0.05) is 5.25 Å². The zero-order valence-electron chi connectivity index (χ0n) is 20.4. The number of hydrogen-bond acceptors (Lipinski definition) is 4. The van der Waals surface area contributed by atoms with Gasteiger partial charge in [-0.1, -0.05) is 117 Å². The molecule has 0 bridgehead atoms. The predicted octanol–water partition coefficient (Wildman–Crippen LogP) is 4.11. The maximum atomic E-state index is 11.5. The van der Waals surface area contributed by atoms with E-state index in [1.54, 1.807) is 0 Å². The van der Waals surface area contributed by atoms with Crippen molar-refractivity contribution < 1.29 is 69.5 Å². The topological polar surface area (TPSA) is 77.4 Å². The van der Waals surface area contributed by atoms with Crippen molar-refractivity contribution in [3.63, 3.8) is 0 Å². The first-order valence-corrected chi connectivity index (χ1v) is 14.0. The van der Waals surface area contributed by atoms with Crippen LogP contribution in [0.5, 0.6) is 0 Å². The Hall–Kier alpha value is 1.51. The van der Waals surface area contributed by atoms with E-state index in [-0.39, 0.29) is 57.5 Å². The van der Waals surface area contributed by atoms with Crippen molar-refractivity contribution >= 4 is 10.1 Å². The average Bonchev–Trinajstić information content (AvgIpc) is 2.68. The van der Waals surface area contributed by atoms with Gasteiger partial charge in [-0.15, -0.1) is 0 Å². The first-order chi connectivity index (χ1) is 13.9. The second kappa shape index (κ2) is 23.7. The summed E-state index contributed by atoms with van der Waals surface area (Å²) in [5.41, 5.74) is 0. The summed E-state index contributed by atoms with van der Waals surface area (Å²) in [4.78, 5) is 0. The fourth-order valence-electron chi connectivity index (χ4n) is 3.96. The van der Waals surface area contributed by atoms with Crippen LogP contribution in [-0.4, -0.2) is 29.4 Å². The van der Waals surface area contributed by atoms with Gasteiger partial charge in [-0.3, -0.25) is 0 Å². The van der Waals surface area contributed by atoms with Gasteiger partial charge in [-0.25, -0.2) is 8.42 Å². The third-order valence-electron chi connectivity index (χ3n) is 6.07. The Balaban J connectivity index is 0. The maximum Gasteiger partial charge on any atom is 1.00 e. The number of unbranched alkanes of at least 4 members (excludes halogenated alkanes) is 14. The molecule has 0 spiro atoms. The largest absolute Gasteiger partial charge is 1.00 e. The summed E-state index contributed by atoms with van der Waals surface area (Å²) in [6, 6.07) is 0. The van der Waals surface area contributed by atoms with Crippen LogP contribution in [0.4, 0.5) is 0 Å². The first-order valence-electron chi connectivity index (χ1n) is 12.5. The van der Waals surface area contributed by atoms with Crippen molar-refractivity contribution in [2.45, 2.75) is 154 Å². The fourth-order valence-corrected chi connectivity index (χ4v) is 4.87. The van der Waals surface area contributed by atoms with E-state index in [0.29, 0.717) is 12.8 Å². The van der Waals surface area contributed by atoms with Gasteiger partial charge in [0.25, 0.3) is 0 Å².